The second-order valence-electron chi connectivity index (χ2n) is 4.85. The van der Waals surface area contributed by atoms with Gasteiger partial charge in [-0.25, -0.2) is 0 Å². The molecule has 0 aromatic heterocycles. The van der Waals surface area contributed by atoms with Gasteiger partial charge in [0, 0.05) is 11.1 Å². The van der Waals surface area contributed by atoms with Gasteiger partial charge in [0.2, 0.25) is 0 Å². The lowest BCUT2D eigenvalue weighted by atomic mass is 9.95. The minimum absolute atomic E-state index is 0.450. The van der Waals surface area contributed by atoms with E-state index in [4.69, 9.17) is 14.2 Å². The number of hydrogen-bond donors (Lipinski definition) is 1. The summed E-state index contributed by atoms with van der Waals surface area (Å²) in [5, 5.41) is 10.8. The first kappa shape index (κ1) is 14.1. The van der Waals surface area contributed by atoms with E-state index < -0.39 is 12.4 Å². The smallest absolute Gasteiger partial charge is 0.184 e. The molecule has 2 aromatic carbocycles. The summed E-state index contributed by atoms with van der Waals surface area (Å²) < 4.78 is 16.6. The van der Waals surface area contributed by atoms with Crippen LogP contribution in [-0.4, -0.2) is 25.4 Å². The van der Waals surface area contributed by atoms with Crippen LogP contribution in [0.4, 0.5) is 0 Å². The predicted octanol–water partition coefficient (Wildman–Crippen LogP) is 2.82. The van der Waals surface area contributed by atoms with Gasteiger partial charge in [-0.05, 0) is 11.6 Å². The molecule has 1 fully saturated rings. The van der Waals surface area contributed by atoms with E-state index >= 15 is 0 Å². The van der Waals surface area contributed by atoms with Crippen LogP contribution in [0.25, 0.3) is 0 Å². The lowest BCUT2D eigenvalue weighted by Gasteiger charge is -2.21. The van der Waals surface area contributed by atoms with Crippen LogP contribution < -0.4 is 4.74 Å². The molecule has 1 N–H and O–H groups in total. The maximum Gasteiger partial charge on any atom is 0.184 e. The molecule has 110 valence electrons. The Morgan fingerprint density at radius 3 is 2.43 bits per heavy atom. The van der Waals surface area contributed by atoms with Crippen LogP contribution in [0.5, 0.6) is 5.75 Å². The molecule has 1 saturated heterocycles. The molecule has 1 aliphatic rings. The summed E-state index contributed by atoms with van der Waals surface area (Å²) in [7, 11) is 1.59. The number of rotatable bonds is 4. The highest BCUT2D eigenvalue weighted by Crippen LogP contribution is 2.38. The molecule has 0 aliphatic carbocycles. The Kier molecular flexibility index (Phi) is 4.20. The third-order valence-electron chi connectivity index (χ3n) is 3.58. The molecular weight excluding hydrogens is 268 g/mol. The fourth-order valence-corrected chi connectivity index (χ4v) is 2.58. The first-order valence-electron chi connectivity index (χ1n) is 6.94. The van der Waals surface area contributed by atoms with Crippen molar-refractivity contribution in [3.05, 3.63) is 65.2 Å². The van der Waals surface area contributed by atoms with Gasteiger partial charge in [-0.15, -0.1) is 0 Å². The van der Waals surface area contributed by atoms with Crippen LogP contribution in [-0.2, 0) is 9.47 Å². The molecule has 3 rings (SSSR count). The minimum Gasteiger partial charge on any atom is -0.496 e. The molecule has 4 heteroatoms. The van der Waals surface area contributed by atoms with Gasteiger partial charge in [0.25, 0.3) is 0 Å². The number of ether oxygens (including phenoxy) is 3. The molecule has 2 aromatic rings. The molecule has 1 heterocycles. The van der Waals surface area contributed by atoms with Crippen molar-refractivity contribution in [1.29, 1.82) is 0 Å². The fraction of sp³-hybridized carbons (Fsp3) is 0.294. The van der Waals surface area contributed by atoms with Crippen molar-refractivity contribution in [2.45, 2.75) is 12.4 Å². The lowest BCUT2D eigenvalue weighted by molar-refractivity contribution is -0.0458. The average Bonchev–Trinajstić information content (AvgIpc) is 3.08. The van der Waals surface area contributed by atoms with E-state index in [-0.39, 0.29) is 0 Å². The van der Waals surface area contributed by atoms with E-state index in [2.05, 4.69) is 0 Å². The van der Waals surface area contributed by atoms with Crippen molar-refractivity contribution in [3.63, 3.8) is 0 Å². The molecule has 0 amide bonds. The van der Waals surface area contributed by atoms with E-state index in [1.54, 1.807) is 7.11 Å². The molecule has 0 radical (unpaired) electrons. The summed E-state index contributed by atoms with van der Waals surface area (Å²) in [6.45, 7) is 1.12. The number of aliphatic hydroxyl groups excluding tert-OH is 1. The highest BCUT2D eigenvalue weighted by molar-refractivity contribution is 5.46. The first-order valence-corrected chi connectivity index (χ1v) is 6.94. The number of methoxy groups -OCH3 is 1. The summed E-state index contributed by atoms with van der Waals surface area (Å²) in [4.78, 5) is 0. The van der Waals surface area contributed by atoms with Crippen LogP contribution in [0.2, 0.25) is 0 Å². The predicted molar refractivity (Wildman–Crippen MR) is 78.1 cm³/mol. The summed E-state index contributed by atoms with van der Waals surface area (Å²) in [6.07, 6.45) is -1.24. The summed E-state index contributed by atoms with van der Waals surface area (Å²) in [5.74, 6) is 0.628. The van der Waals surface area contributed by atoms with Crippen molar-refractivity contribution in [2.75, 3.05) is 20.3 Å². The fourth-order valence-electron chi connectivity index (χ4n) is 2.58. The lowest BCUT2D eigenvalue weighted by Crippen LogP contribution is -2.10. The van der Waals surface area contributed by atoms with Gasteiger partial charge >= 0.3 is 0 Å². The molecular formula is C17H18O4. The molecule has 0 spiro atoms. The Hall–Kier alpha value is -1.88. The second-order valence-corrected chi connectivity index (χ2v) is 4.85. The van der Waals surface area contributed by atoms with E-state index in [0.29, 0.717) is 24.5 Å². The normalized spacial score (nSPS) is 16.9. The zero-order chi connectivity index (χ0) is 14.7. The van der Waals surface area contributed by atoms with Crippen LogP contribution in [0.1, 0.15) is 29.1 Å². The van der Waals surface area contributed by atoms with E-state index in [0.717, 1.165) is 11.1 Å². The molecule has 1 aliphatic heterocycles. The summed E-state index contributed by atoms with van der Waals surface area (Å²) in [6, 6.07) is 15.1. The Bertz CT molecular complexity index is 591. The highest BCUT2D eigenvalue weighted by Gasteiger charge is 2.27. The first-order chi connectivity index (χ1) is 10.3. The highest BCUT2D eigenvalue weighted by atomic mass is 16.7. The minimum atomic E-state index is -0.787. The van der Waals surface area contributed by atoms with Crippen molar-refractivity contribution in [1.82, 2.24) is 0 Å². The van der Waals surface area contributed by atoms with Crippen LogP contribution >= 0.6 is 0 Å². The maximum absolute atomic E-state index is 10.8. The average molecular weight is 286 g/mol. The topological polar surface area (TPSA) is 47.9 Å². The quantitative estimate of drug-likeness (QED) is 0.939. The SMILES string of the molecule is COc1cccc(C2OCCO2)c1C(O)c1ccccc1. The van der Waals surface area contributed by atoms with Crippen molar-refractivity contribution >= 4 is 0 Å². The largest absolute Gasteiger partial charge is 0.496 e. The number of benzene rings is 2. The van der Waals surface area contributed by atoms with Gasteiger partial charge in [0.1, 0.15) is 11.9 Å². The third-order valence-corrected chi connectivity index (χ3v) is 3.58. The monoisotopic (exact) mass is 286 g/mol. The number of hydrogen-bond acceptors (Lipinski definition) is 4. The van der Waals surface area contributed by atoms with Crippen molar-refractivity contribution in [3.8, 4) is 5.75 Å². The van der Waals surface area contributed by atoms with E-state index in [1.165, 1.54) is 0 Å². The summed E-state index contributed by atoms with van der Waals surface area (Å²) >= 11 is 0. The Labute approximate surface area is 123 Å². The Morgan fingerprint density at radius 2 is 1.76 bits per heavy atom. The van der Waals surface area contributed by atoms with Gasteiger partial charge in [0.05, 0.1) is 20.3 Å². The van der Waals surface area contributed by atoms with Crippen LogP contribution in [0.3, 0.4) is 0 Å². The van der Waals surface area contributed by atoms with Crippen molar-refractivity contribution < 1.29 is 19.3 Å². The molecule has 21 heavy (non-hydrogen) atoms. The third kappa shape index (κ3) is 2.78. The molecule has 4 nitrogen and oxygen atoms in total. The zero-order valence-corrected chi connectivity index (χ0v) is 11.9. The molecule has 1 unspecified atom stereocenters. The molecule has 0 bridgehead atoms. The van der Waals surface area contributed by atoms with Crippen molar-refractivity contribution in [2.24, 2.45) is 0 Å². The van der Waals surface area contributed by atoms with Gasteiger partial charge in [-0.3, -0.25) is 0 Å². The zero-order valence-electron chi connectivity index (χ0n) is 11.9. The van der Waals surface area contributed by atoms with E-state index in [1.807, 2.05) is 48.5 Å². The second kappa shape index (κ2) is 6.26. The van der Waals surface area contributed by atoms with Crippen LogP contribution in [0.15, 0.2) is 48.5 Å². The van der Waals surface area contributed by atoms with Gasteiger partial charge in [-0.1, -0.05) is 42.5 Å². The van der Waals surface area contributed by atoms with Gasteiger partial charge in [0.15, 0.2) is 6.29 Å². The Balaban J connectivity index is 2.06. The molecule has 0 saturated carbocycles. The Morgan fingerprint density at radius 1 is 1.05 bits per heavy atom. The van der Waals surface area contributed by atoms with Gasteiger partial charge < -0.3 is 19.3 Å². The summed E-state index contributed by atoms with van der Waals surface area (Å²) in [5.41, 5.74) is 2.31. The maximum atomic E-state index is 10.8. The van der Waals surface area contributed by atoms with Crippen LogP contribution in [0, 0.1) is 0 Å². The number of aliphatic hydroxyl groups is 1. The van der Waals surface area contributed by atoms with E-state index in [9.17, 15) is 5.11 Å². The standard InChI is InChI=1S/C17H18O4/c1-19-14-9-5-8-13(17-20-10-11-21-17)15(14)16(18)12-6-3-2-4-7-12/h2-9,16-18H,10-11H2,1H3. The van der Waals surface area contributed by atoms with Gasteiger partial charge in [-0.2, -0.15) is 0 Å². The molecule has 1 atom stereocenters.